The van der Waals surface area contributed by atoms with Crippen molar-refractivity contribution in [2.24, 2.45) is 4.99 Å². The molecule has 0 amide bonds. The number of allylic oxidation sites excluding steroid dienone is 2. The summed E-state index contributed by atoms with van der Waals surface area (Å²) in [5.74, 6) is 2.88. The zero-order chi connectivity index (χ0) is 7.68. The molecule has 1 aliphatic rings. The summed E-state index contributed by atoms with van der Waals surface area (Å²) in [6.07, 6.45) is 4.02. The number of fused-ring (bicyclic) bond motifs is 1. The third-order valence-electron chi connectivity index (χ3n) is 1.52. The number of rotatable bonds is 0. The van der Waals surface area contributed by atoms with Gasteiger partial charge in [-0.2, -0.15) is 4.99 Å². The minimum absolute atomic E-state index is 1.05. The van der Waals surface area contributed by atoms with Crippen molar-refractivity contribution in [2.75, 3.05) is 0 Å². The normalized spacial score (nSPS) is 14.1. The van der Waals surface area contributed by atoms with Gasteiger partial charge < -0.3 is 0 Å². The summed E-state index contributed by atoms with van der Waals surface area (Å²) in [6.45, 7) is 2.05. The molecule has 0 N–H and O–H groups in total. The maximum atomic E-state index is 4.16. The smallest absolute Gasteiger partial charge is 0.133 e. The van der Waals surface area contributed by atoms with Crippen molar-refractivity contribution in [3.05, 3.63) is 28.7 Å². The fourth-order valence-electron chi connectivity index (χ4n) is 0.992. The van der Waals surface area contributed by atoms with E-state index in [2.05, 4.69) is 29.9 Å². The third-order valence-corrected chi connectivity index (χ3v) is 2.34. The highest BCUT2D eigenvalue weighted by Gasteiger charge is 2.00. The van der Waals surface area contributed by atoms with Crippen molar-refractivity contribution in [3.8, 4) is 0 Å². The highest BCUT2D eigenvalue weighted by molar-refractivity contribution is 7.14. The molecule has 0 spiro atoms. The maximum absolute atomic E-state index is 4.16. The molecular formula is C9H7NS. The summed E-state index contributed by atoms with van der Waals surface area (Å²) in [7, 11) is 0. The minimum atomic E-state index is 1.05. The number of nitrogens with zero attached hydrogens (tertiary/aromatic N) is 1. The molecule has 0 aliphatic carbocycles. The number of thiophene rings is 1. The van der Waals surface area contributed by atoms with Crippen LogP contribution in [-0.2, 0) is 0 Å². The standard InChI is InChI=1S/C9H7NS/c1-7-2-4-10-9-8(6-7)3-5-11-9/h2-3,5-6H,1H3. The van der Waals surface area contributed by atoms with Gasteiger partial charge in [0, 0.05) is 11.6 Å². The largest absolute Gasteiger partial charge is 0.195 e. The quantitative estimate of drug-likeness (QED) is 0.554. The lowest BCUT2D eigenvalue weighted by Crippen LogP contribution is -1.65. The van der Waals surface area contributed by atoms with Crippen LogP contribution >= 0.6 is 11.3 Å². The van der Waals surface area contributed by atoms with E-state index >= 15 is 0 Å². The third kappa shape index (κ3) is 1.18. The van der Waals surface area contributed by atoms with Gasteiger partial charge in [0.05, 0.1) is 0 Å². The van der Waals surface area contributed by atoms with Crippen LogP contribution in [0.2, 0.25) is 0 Å². The average Bonchev–Trinajstić information content (AvgIpc) is 2.31. The Labute approximate surface area is 69.4 Å². The molecule has 0 aromatic carbocycles. The molecule has 0 atom stereocenters. The van der Waals surface area contributed by atoms with E-state index in [1.807, 2.05) is 11.5 Å². The summed E-state index contributed by atoms with van der Waals surface area (Å²) >= 11 is 1.65. The van der Waals surface area contributed by atoms with Crippen LogP contribution in [0.15, 0.2) is 28.1 Å². The first-order chi connectivity index (χ1) is 5.36. The summed E-state index contributed by atoms with van der Waals surface area (Å²) < 4.78 is 0. The summed E-state index contributed by atoms with van der Waals surface area (Å²) in [5, 5.41) is 3.10. The van der Waals surface area contributed by atoms with E-state index in [1.165, 1.54) is 11.1 Å². The van der Waals surface area contributed by atoms with Gasteiger partial charge in [0.1, 0.15) is 5.00 Å². The van der Waals surface area contributed by atoms with Crippen molar-refractivity contribution < 1.29 is 0 Å². The van der Waals surface area contributed by atoms with Gasteiger partial charge in [-0.15, -0.1) is 11.3 Å². The van der Waals surface area contributed by atoms with Gasteiger partial charge in [0.25, 0.3) is 0 Å². The Morgan fingerprint density at radius 3 is 3.36 bits per heavy atom. The molecule has 0 bridgehead atoms. The molecule has 0 saturated carbocycles. The zero-order valence-corrected chi connectivity index (χ0v) is 6.98. The Bertz CT molecular complexity index is 365. The topological polar surface area (TPSA) is 12.4 Å². The van der Waals surface area contributed by atoms with E-state index in [0.29, 0.717) is 0 Å². The molecule has 2 rings (SSSR count). The van der Waals surface area contributed by atoms with Gasteiger partial charge in [-0.3, -0.25) is 0 Å². The molecule has 0 radical (unpaired) electrons. The highest BCUT2D eigenvalue weighted by Crippen LogP contribution is 2.29. The molecule has 0 unspecified atom stereocenters. The van der Waals surface area contributed by atoms with Crippen LogP contribution in [0.5, 0.6) is 0 Å². The Hall–Kier alpha value is -1.11. The monoisotopic (exact) mass is 161 g/mol. The number of aliphatic imine (C=N–C) groups is 1. The Morgan fingerprint density at radius 2 is 2.45 bits per heavy atom. The van der Waals surface area contributed by atoms with Crippen molar-refractivity contribution in [2.45, 2.75) is 6.92 Å². The van der Waals surface area contributed by atoms with Gasteiger partial charge >= 0.3 is 0 Å². The van der Waals surface area contributed by atoms with E-state index in [4.69, 9.17) is 0 Å². The van der Waals surface area contributed by atoms with E-state index in [1.54, 1.807) is 11.3 Å². The molecule has 0 fully saturated rings. The minimum Gasteiger partial charge on any atom is -0.195 e. The van der Waals surface area contributed by atoms with Crippen molar-refractivity contribution in [1.29, 1.82) is 0 Å². The first-order valence-electron chi connectivity index (χ1n) is 3.41. The zero-order valence-electron chi connectivity index (χ0n) is 6.16. The first kappa shape index (κ1) is 6.59. The fraction of sp³-hybridized carbons (Fsp3) is 0.111. The van der Waals surface area contributed by atoms with Gasteiger partial charge in [-0.25, -0.2) is 0 Å². The Kier molecular flexibility index (Phi) is 1.50. The molecule has 0 saturated heterocycles. The van der Waals surface area contributed by atoms with E-state index < -0.39 is 0 Å². The molecule has 1 nitrogen and oxygen atoms in total. The SMILES string of the molecule is CC1=Cc2ccsc2N=C=C1. The lowest BCUT2D eigenvalue weighted by molar-refractivity contribution is 1.59. The summed E-state index contributed by atoms with van der Waals surface area (Å²) in [5.41, 5.74) is 2.40. The van der Waals surface area contributed by atoms with Crippen molar-refractivity contribution in [1.82, 2.24) is 0 Å². The van der Waals surface area contributed by atoms with Gasteiger partial charge in [0.15, 0.2) is 0 Å². The van der Waals surface area contributed by atoms with Crippen molar-refractivity contribution in [3.63, 3.8) is 0 Å². The highest BCUT2D eigenvalue weighted by atomic mass is 32.1. The predicted molar refractivity (Wildman–Crippen MR) is 49.6 cm³/mol. The van der Waals surface area contributed by atoms with Crippen LogP contribution < -0.4 is 0 Å². The van der Waals surface area contributed by atoms with E-state index in [-0.39, 0.29) is 0 Å². The summed E-state index contributed by atoms with van der Waals surface area (Å²) in [6, 6.07) is 2.08. The molecule has 2 heterocycles. The first-order valence-corrected chi connectivity index (χ1v) is 4.29. The molecule has 54 valence electrons. The van der Waals surface area contributed by atoms with Crippen molar-refractivity contribution >= 4 is 28.3 Å². The number of hydrogen-bond donors (Lipinski definition) is 0. The van der Waals surface area contributed by atoms with Gasteiger partial charge in [-0.1, -0.05) is 0 Å². The molecule has 2 heteroatoms. The average molecular weight is 161 g/mol. The fourth-order valence-corrected chi connectivity index (χ4v) is 1.70. The van der Waals surface area contributed by atoms with Crippen LogP contribution in [0.25, 0.3) is 6.08 Å². The second-order valence-electron chi connectivity index (χ2n) is 2.45. The van der Waals surface area contributed by atoms with Crippen LogP contribution in [0, 0.1) is 0 Å². The molecular weight excluding hydrogens is 154 g/mol. The molecule has 1 aromatic heterocycles. The van der Waals surface area contributed by atoms with Crippen LogP contribution in [0.4, 0.5) is 5.00 Å². The predicted octanol–water partition coefficient (Wildman–Crippen LogP) is 3.02. The Morgan fingerprint density at radius 1 is 1.55 bits per heavy atom. The lowest BCUT2D eigenvalue weighted by Gasteiger charge is -1.87. The maximum Gasteiger partial charge on any atom is 0.133 e. The van der Waals surface area contributed by atoms with Crippen LogP contribution in [-0.4, -0.2) is 5.87 Å². The second-order valence-corrected chi connectivity index (χ2v) is 3.35. The lowest BCUT2D eigenvalue weighted by atomic mass is 10.2. The molecule has 1 aromatic rings. The number of hydrogen-bond acceptors (Lipinski definition) is 2. The molecule has 1 aliphatic heterocycles. The van der Waals surface area contributed by atoms with E-state index in [0.717, 1.165) is 5.00 Å². The van der Waals surface area contributed by atoms with Gasteiger partial charge in [0.2, 0.25) is 0 Å². The Balaban J connectivity index is 2.66. The van der Waals surface area contributed by atoms with Crippen LogP contribution in [0.1, 0.15) is 12.5 Å². The second kappa shape index (κ2) is 2.50. The van der Waals surface area contributed by atoms with Crippen LogP contribution in [0.3, 0.4) is 0 Å². The summed E-state index contributed by atoms with van der Waals surface area (Å²) in [4.78, 5) is 4.16. The molecule has 11 heavy (non-hydrogen) atoms. The van der Waals surface area contributed by atoms with Gasteiger partial charge in [-0.05, 0) is 35.9 Å². The van der Waals surface area contributed by atoms with E-state index in [9.17, 15) is 0 Å².